The Morgan fingerprint density at radius 2 is 1.60 bits per heavy atom. The molecule has 1 N–H and O–H groups in total. The summed E-state index contributed by atoms with van der Waals surface area (Å²) < 4.78 is 13.1. The van der Waals surface area contributed by atoms with E-state index in [0.29, 0.717) is 23.8 Å². The van der Waals surface area contributed by atoms with E-state index < -0.39 is 0 Å². The quantitative estimate of drug-likeness (QED) is 0.755. The van der Waals surface area contributed by atoms with Crippen molar-refractivity contribution >= 4 is 0 Å². The van der Waals surface area contributed by atoms with Crippen LogP contribution < -0.4 is 5.32 Å². The number of rotatable bonds is 7. The summed E-state index contributed by atoms with van der Waals surface area (Å²) in [5.74, 6) is 2.66. The molecule has 1 aliphatic rings. The second kappa shape index (κ2) is 6.71. The first-order valence-electron chi connectivity index (χ1n) is 7.98. The zero-order valence-electron chi connectivity index (χ0n) is 13.2. The molecule has 1 aromatic rings. The minimum Gasteiger partial charge on any atom is -0.309 e. The van der Waals surface area contributed by atoms with Crippen molar-refractivity contribution in [3.63, 3.8) is 0 Å². The summed E-state index contributed by atoms with van der Waals surface area (Å²) in [4.78, 5) is 0. The fraction of sp³-hybridized carbons (Fsp3) is 0.667. The van der Waals surface area contributed by atoms with Crippen molar-refractivity contribution in [1.82, 2.24) is 5.32 Å². The van der Waals surface area contributed by atoms with Crippen LogP contribution >= 0.6 is 0 Å². The number of benzene rings is 1. The SMILES string of the molecule is CC(C)C(CNC(c1ccc(F)cc1)C1CC1)C(C)C. The zero-order chi connectivity index (χ0) is 14.7. The van der Waals surface area contributed by atoms with Crippen LogP contribution in [0.5, 0.6) is 0 Å². The molecule has 0 aromatic heterocycles. The summed E-state index contributed by atoms with van der Waals surface area (Å²) >= 11 is 0. The summed E-state index contributed by atoms with van der Waals surface area (Å²) in [6.45, 7) is 10.3. The van der Waals surface area contributed by atoms with E-state index >= 15 is 0 Å². The van der Waals surface area contributed by atoms with Crippen LogP contribution in [0.1, 0.15) is 52.1 Å². The maximum atomic E-state index is 13.1. The van der Waals surface area contributed by atoms with Gasteiger partial charge >= 0.3 is 0 Å². The van der Waals surface area contributed by atoms with Gasteiger partial charge in [-0.3, -0.25) is 0 Å². The van der Waals surface area contributed by atoms with Gasteiger partial charge in [-0.15, -0.1) is 0 Å². The second-order valence-electron chi connectivity index (χ2n) is 6.93. The summed E-state index contributed by atoms with van der Waals surface area (Å²) in [6, 6.07) is 7.43. The number of halogens is 1. The third-order valence-electron chi connectivity index (χ3n) is 4.61. The average molecular weight is 277 g/mol. The van der Waals surface area contributed by atoms with Crippen molar-refractivity contribution in [3.05, 3.63) is 35.6 Å². The van der Waals surface area contributed by atoms with Gasteiger partial charge in [0.1, 0.15) is 5.82 Å². The van der Waals surface area contributed by atoms with Crippen molar-refractivity contribution in [1.29, 1.82) is 0 Å². The van der Waals surface area contributed by atoms with Gasteiger partial charge in [-0.1, -0.05) is 39.8 Å². The Balaban J connectivity index is 2.01. The topological polar surface area (TPSA) is 12.0 Å². The lowest BCUT2D eigenvalue weighted by atomic mass is 9.85. The predicted molar refractivity (Wildman–Crippen MR) is 83.0 cm³/mol. The summed E-state index contributed by atoms with van der Waals surface area (Å²) in [6.07, 6.45) is 2.59. The minimum atomic E-state index is -0.148. The van der Waals surface area contributed by atoms with Crippen LogP contribution in [0, 0.1) is 29.5 Å². The van der Waals surface area contributed by atoms with Crippen molar-refractivity contribution < 1.29 is 4.39 Å². The molecule has 0 heterocycles. The van der Waals surface area contributed by atoms with Gasteiger partial charge in [0, 0.05) is 6.04 Å². The lowest BCUT2D eigenvalue weighted by Crippen LogP contribution is -2.33. The maximum Gasteiger partial charge on any atom is 0.123 e. The molecule has 0 bridgehead atoms. The van der Waals surface area contributed by atoms with E-state index in [2.05, 4.69) is 33.0 Å². The number of hydrogen-bond acceptors (Lipinski definition) is 1. The van der Waals surface area contributed by atoms with E-state index in [-0.39, 0.29) is 5.82 Å². The van der Waals surface area contributed by atoms with E-state index in [0.717, 1.165) is 12.5 Å². The minimum absolute atomic E-state index is 0.148. The van der Waals surface area contributed by atoms with Gasteiger partial charge in [0.05, 0.1) is 0 Å². The molecule has 2 rings (SSSR count). The van der Waals surface area contributed by atoms with Gasteiger partial charge in [0.2, 0.25) is 0 Å². The van der Waals surface area contributed by atoms with Crippen LogP contribution in [0.3, 0.4) is 0 Å². The largest absolute Gasteiger partial charge is 0.309 e. The molecule has 1 fully saturated rings. The summed E-state index contributed by atoms with van der Waals surface area (Å²) in [5, 5.41) is 3.76. The molecule has 1 unspecified atom stereocenters. The Bertz CT molecular complexity index is 398. The number of nitrogens with one attached hydrogen (secondary N) is 1. The molecule has 20 heavy (non-hydrogen) atoms. The Kier molecular flexibility index (Phi) is 5.20. The maximum absolute atomic E-state index is 13.1. The fourth-order valence-corrected chi connectivity index (χ4v) is 3.16. The Labute approximate surface area is 123 Å². The Morgan fingerprint density at radius 3 is 2.05 bits per heavy atom. The molecule has 1 aromatic carbocycles. The summed E-state index contributed by atoms with van der Waals surface area (Å²) in [7, 11) is 0. The highest BCUT2D eigenvalue weighted by Crippen LogP contribution is 2.41. The monoisotopic (exact) mass is 277 g/mol. The van der Waals surface area contributed by atoms with Gasteiger partial charge in [0.25, 0.3) is 0 Å². The van der Waals surface area contributed by atoms with Crippen LogP contribution in [-0.4, -0.2) is 6.54 Å². The lowest BCUT2D eigenvalue weighted by Gasteiger charge is -2.28. The highest BCUT2D eigenvalue weighted by molar-refractivity contribution is 5.22. The smallest absolute Gasteiger partial charge is 0.123 e. The Morgan fingerprint density at radius 1 is 1.05 bits per heavy atom. The van der Waals surface area contributed by atoms with E-state index in [9.17, 15) is 4.39 Å². The van der Waals surface area contributed by atoms with Gasteiger partial charge in [-0.25, -0.2) is 4.39 Å². The van der Waals surface area contributed by atoms with Gasteiger partial charge in [-0.05, 0) is 60.8 Å². The first kappa shape index (κ1) is 15.5. The van der Waals surface area contributed by atoms with E-state index in [4.69, 9.17) is 0 Å². The first-order chi connectivity index (χ1) is 9.49. The fourth-order valence-electron chi connectivity index (χ4n) is 3.16. The van der Waals surface area contributed by atoms with Gasteiger partial charge < -0.3 is 5.32 Å². The van der Waals surface area contributed by atoms with E-state index in [1.54, 1.807) is 12.1 Å². The molecular weight excluding hydrogens is 249 g/mol. The molecule has 0 amide bonds. The molecular formula is C18H28FN. The van der Waals surface area contributed by atoms with Crippen LogP contribution in [0.25, 0.3) is 0 Å². The molecule has 1 saturated carbocycles. The third kappa shape index (κ3) is 4.05. The normalized spacial score (nSPS) is 17.2. The average Bonchev–Trinajstić information content (AvgIpc) is 3.19. The van der Waals surface area contributed by atoms with Crippen LogP contribution in [0.2, 0.25) is 0 Å². The van der Waals surface area contributed by atoms with Crippen LogP contribution in [-0.2, 0) is 0 Å². The van der Waals surface area contributed by atoms with Crippen LogP contribution in [0.4, 0.5) is 4.39 Å². The van der Waals surface area contributed by atoms with Gasteiger partial charge in [-0.2, -0.15) is 0 Å². The molecule has 112 valence electrons. The van der Waals surface area contributed by atoms with Crippen LogP contribution in [0.15, 0.2) is 24.3 Å². The highest BCUT2D eigenvalue weighted by atomic mass is 19.1. The second-order valence-corrected chi connectivity index (χ2v) is 6.93. The molecule has 1 atom stereocenters. The Hall–Kier alpha value is -0.890. The third-order valence-corrected chi connectivity index (χ3v) is 4.61. The van der Waals surface area contributed by atoms with E-state index in [1.807, 2.05) is 12.1 Å². The molecule has 1 aliphatic carbocycles. The molecule has 0 aliphatic heterocycles. The van der Waals surface area contributed by atoms with Gasteiger partial charge in [0.15, 0.2) is 0 Å². The summed E-state index contributed by atoms with van der Waals surface area (Å²) in [5.41, 5.74) is 1.24. The highest BCUT2D eigenvalue weighted by Gasteiger charge is 2.32. The van der Waals surface area contributed by atoms with Crippen molar-refractivity contribution in [2.75, 3.05) is 6.54 Å². The van der Waals surface area contributed by atoms with E-state index in [1.165, 1.54) is 18.4 Å². The van der Waals surface area contributed by atoms with Crippen molar-refractivity contribution in [3.8, 4) is 0 Å². The number of hydrogen-bond donors (Lipinski definition) is 1. The molecule has 0 saturated heterocycles. The molecule has 1 nitrogen and oxygen atoms in total. The predicted octanol–water partition coefficient (Wildman–Crippen LogP) is 4.79. The van der Waals surface area contributed by atoms with Crippen molar-refractivity contribution in [2.45, 2.75) is 46.6 Å². The molecule has 0 spiro atoms. The zero-order valence-corrected chi connectivity index (χ0v) is 13.2. The molecule has 0 radical (unpaired) electrons. The first-order valence-corrected chi connectivity index (χ1v) is 7.98. The standard InChI is InChI=1S/C18H28FN/c1-12(2)17(13(3)4)11-20-18(14-5-6-14)15-7-9-16(19)10-8-15/h7-10,12-14,17-18,20H,5-6,11H2,1-4H3. The molecule has 2 heteroatoms. The van der Waals surface area contributed by atoms with Crippen molar-refractivity contribution in [2.24, 2.45) is 23.7 Å². The lowest BCUT2D eigenvalue weighted by molar-refractivity contribution is 0.261.